The summed E-state index contributed by atoms with van der Waals surface area (Å²) in [5.74, 6) is -0.375. The summed E-state index contributed by atoms with van der Waals surface area (Å²) in [6, 6.07) is 0. The molecule has 1 amide bonds. The molecule has 0 saturated carbocycles. The van der Waals surface area contributed by atoms with E-state index in [2.05, 4.69) is 10.6 Å². The van der Waals surface area contributed by atoms with Crippen LogP contribution in [-0.2, 0) is 9.53 Å². The number of carbonyl (C=O) groups excluding carboxylic acids is 1. The third-order valence-electron chi connectivity index (χ3n) is 2.51. The number of rotatable bonds is 6. The van der Waals surface area contributed by atoms with Gasteiger partial charge in [-0.1, -0.05) is 0 Å². The maximum absolute atomic E-state index is 11.8. The summed E-state index contributed by atoms with van der Waals surface area (Å²) in [6.07, 6.45) is -5.14. The van der Waals surface area contributed by atoms with E-state index in [9.17, 15) is 18.0 Å². The number of hydrogen-bond acceptors (Lipinski definition) is 3. The Morgan fingerprint density at radius 2 is 2.12 bits per heavy atom. The molecular weight excluding hydrogens is 237 g/mol. The molecule has 1 rings (SSSR count). The fourth-order valence-electron chi connectivity index (χ4n) is 1.39. The summed E-state index contributed by atoms with van der Waals surface area (Å²) < 4.78 is 40.7. The summed E-state index contributed by atoms with van der Waals surface area (Å²) in [5.41, 5.74) is -0.316. The zero-order valence-corrected chi connectivity index (χ0v) is 9.69. The van der Waals surface area contributed by atoms with Gasteiger partial charge in [0.25, 0.3) is 0 Å². The molecule has 0 bridgehead atoms. The van der Waals surface area contributed by atoms with E-state index in [4.69, 9.17) is 4.74 Å². The molecule has 0 aromatic carbocycles. The maximum atomic E-state index is 11.8. The van der Waals surface area contributed by atoms with Crippen molar-refractivity contribution in [1.82, 2.24) is 10.6 Å². The first-order chi connectivity index (χ1) is 7.81. The van der Waals surface area contributed by atoms with Gasteiger partial charge in [0.2, 0.25) is 5.91 Å². The molecule has 7 heteroatoms. The number of carbonyl (C=O) groups is 1. The van der Waals surface area contributed by atoms with Crippen LogP contribution in [0.5, 0.6) is 0 Å². The van der Waals surface area contributed by atoms with Crippen molar-refractivity contribution in [1.29, 1.82) is 0 Å². The highest BCUT2D eigenvalue weighted by atomic mass is 19.4. The highest BCUT2D eigenvalue weighted by Gasteiger charge is 2.33. The number of halogens is 3. The number of amides is 1. The van der Waals surface area contributed by atoms with Gasteiger partial charge in [0.05, 0.1) is 5.60 Å². The minimum Gasteiger partial charge on any atom is -0.363 e. The summed E-state index contributed by atoms with van der Waals surface area (Å²) >= 11 is 0. The van der Waals surface area contributed by atoms with Gasteiger partial charge in [-0.2, -0.15) is 13.2 Å². The second kappa shape index (κ2) is 5.68. The molecule has 1 aliphatic rings. The third-order valence-corrected chi connectivity index (χ3v) is 2.51. The van der Waals surface area contributed by atoms with Gasteiger partial charge in [-0.05, 0) is 13.3 Å². The zero-order chi connectivity index (χ0) is 12.9. The Kier molecular flexibility index (Phi) is 4.76. The SMILES string of the molecule is CC1(OCC(=O)NCCCC(F)(F)F)CNC1. The van der Waals surface area contributed by atoms with Crippen LogP contribution in [0, 0.1) is 0 Å². The van der Waals surface area contributed by atoms with Crippen molar-refractivity contribution in [2.45, 2.75) is 31.5 Å². The largest absolute Gasteiger partial charge is 0.389 e. The minimum absolute atomic E-state index is 0.0245. The minimum atomic E-state index is -4.16. The average molecular weight is 254 g/mol. The van der Waals surface area contributed by atoms with Crippen molar-refractivity contribution in [2.24, 2.45) is 0 Å². The molecule has 4 nitrogen and oxygen atoms in total. The molecule has 1 aliphatic heterocycles. The Morgan fingerprint density at radius 3 is 2.59 bits per heavy atom. The molecule has 0 radical (unpaired) electrons. The molecule has 100 valence electrons. The first-order valence-corrected chi connectivity index (χ1v) is 5.49. The Hall–Kier alpha value is -0.820. The molecule has 0 spiro atoms. The Labute approximate surface area is 97.9 Å². The molecule has 1 fully saturated rings. The highest BCUT2D eigenvalue weighted by Crippen LogP contribution is 2.20. The van der Waals surface area contributed by atoms with Crippen molar-refractivity contribution in [2.75, 3.05) is 26.2 Å². The summed E-state index contributed by atoms with van der Waals surface area (Å²) in [6.45, 7) is 3.17. The van der Waals surface area contributed by atoms with Gasteiger partial charge in [0, 0.05) is 26.1 Å². The van der Waals surface area contributed by atoms with Crippen LogP contribution in [0.4, 0.5) is 13.2 Å². The summed E-state index contributed by atoms with van der Waals surface area (Å²) in [4.78, 5) is 11.2. The predicted octanol–water partition coefficient (Wildman–Crippen LogP) is 0.824. The number of ether oxygens (including phenoxy) is 1. The van der Waals surface area contributed by atoms with Gasteiger partial charge >= 0.3 is 6.18 Å². The third kappa shape index (κ3) is 5.88. The predicted molar refractivity (Wildman–Crippen MR) is 55.5 cm³/mol. The van der Waals surface area contributed by atoms with Crippen molar-refractivity contribution in [3.63, 3.8) is 0 Å². The van der Waals surface area contributed by atoms with Gasteiger partial charge in [0.15, 0.2) is 0 Å². The summed E-state index contributed by atoms with van der Waals surface area (Å²) in [5, 5.41) is 5.40. The quantitative estimate of drug-likeness (QED) is 0.690. The van der Waals surface area contributed by atoms with Gasteiger partial charge < -0.3 is 15.4 Å². The van der Waals surface area contributed by atoms with E-state index in [-0.39, 0.29) is 31.1 Å². The van der Waals surface area contributed by atoms with Crippen LogP contribution in [-0.4, -0.2) is 43.9 Å². The van der Waals surface area contributed by atoms with Crippen molar-refractivity contribution in [3.05, 3.63) is 0 Å². The lowest BCUT2D eigenvalue weighted by molar-refractivity contribution is -0.139. The Balaban J connectivity index is 2.01. The second-order valence-electron chi connectivity index (χ2n) is 4.41. The van der Waals surface area contributed by atoms with E-state index < -0.39 is 12.6 Å². The molecule has 0 atom stereocenters. The van der Waals surface area contributed by atoms with E-state index >= 15 is 0 Å². The number of alkyl halides is 3. The lowest BCUT2D eigenvalue weighted by Gasteiger charge is -2.38. The average Bonchev–Trinajstić information content (AvgIpc) is 2.17. The molecule has 0 aromatic rings. The monoisotopic (exact) mass is 254 g/mol. The fraction of sp³-hybridized carbons (Fsp3) is 0.900. The smallest absolute Gasteiger partial charge is 0.363 e. The second-order valence-corrected chi connectivity index (χ2v) is 4.41. The highest BCUT2D eigenvalue weighted by molar-refractivity contribution is 5.77. The molecule has 0 aromatic heterocycles. The van der Waals surface area contributed by atoms with Crippen LogP contribution in [0.3, 0.4) is 0 Å². The topological polar surface area (TPSA) is 50.4 Å². The lowest BCUT2D eigenvalue weighted by Crippen LogP contribution is -2.59. The van der Waals surface area contributed by atoms with Crippen molar-refractivity contribution in [3.8, 4) is 0 Å². The van der Waals surface area contributed by atoms with E-state index in [1.54, 1.807) is 0 Å². The molecule has 1 heterocycles. The molecule has 17 heavy (non-hydrogen) atoms. The van der Waals surface area contributed by atoms with Gasteiger partial charge in [0.1, 0.15) is 6.61 Å². The Morgan fingerprint density at radius 1 is 1.47 bits per heavy atom. The molecule has 2 N–H and O–H groups in total. The van der Waals surface area contributed by atoms with Crippen molar-refractivity contribution < 1.29 is 22.7 Å². The van der Waals surface area contributed by atoms with Crippen LogP contribution >= 0.6 is 0 Å². The van der Waals surface area contributed by atoms with Gasteiger partial charge in [-0.3, -0.25) is 4.79 Å². The van der Waals surface area contributed by atoms with Crippen LogP contribution < -0.4 is 10.6 Å². The molecule has 0 aliphatic carbocycles. The van der Waals surface area contributed by atoms with Gasteiger partial charge in [-0.25, -0.2) is 0 Å². The number of hydrogen-bond donors (Lipinski definition) is 2. The van der Waals surface area contributed by atoms with E-state index in [0.29, 0.717) is 13.1 Å². The van der Waals surface area contributed by atoms with Gasteiger partial charge in [-0.15, -0.1) is 0 Å². The first-order valence-electron chi connectivity index (χ1n) is 5.49. The molecule has 1 saturated heterocycles. The molecular formula is C10H17F3N2O2. The zero-order valence-electron chi connectivity index (χ0n) is 9.69. The van der Waals surface area contributed by atoms with Crippen LogP contribution in [0.2, 0.25) is 0 Å². The molecule has 0 unspecified atom stereocenters. The lowest BCUT2D eigenvalue weighted by atomic mass is 10.0. The summed E-state index contributed by atoms with van der Waals surface area (Å²) in [7, 11) is 0. The fourth-order valence-corrected chi connectivity index (χ4v) is 1.39. The maximum Gasteiger partial charge on any atom is 0.389 e. The Bertz CT molecular complexity index is 265. The van der Waals surface area contributed by atoms with Crippen LogP contribution in [0.15, 0.2) is 0 Å². The van der Waals surface area contributed by atoms with Crippen LogP contribution in [0.25, 0.3) is 0 Å². The number of nitrogens with one attached hydrogen (secondary N) is 2. The normalized spacial score (nSPS) is 18.6. The van der Waals surface area contributed by atoms with E-state index in [0.717, 1.165) is 0 Å². The van der Waals surface area contributed by atoms with E-state index in [1.807, 2.05) is 6.92 Å². The van der Waals surface area contributed by atoms with E-state index in [1.165, 1.54) is 0 Å². The van der Waals surface area contributed by atoms with Crippen molar-refractivity contribution >= 4 is 5.91 Å². The van der Waals surface area contributed by atoms with Crippen LogP contribution in [0.1, 0.15) is 19.8 Å². The first kappa shape index (κ1) is 14.2. The standard InChI is InChI=1S/C10H17F3N2O2/c1-9(6-14-7-9)17-5-8(16)15-4-2-3-10(11,12)13/h14H,2-7H2,1H3,(H,15,16).